The molecule has 0 aliphatic rings. The maximum atomic E-state index is 6.21. The molecule has 0 radical (unpaired) electrons. The summed E-state index contributed by atoms with van der Waals surface area (Å²) in [5, 5.41) is 7.42. The van der Waals surface area contributed by atoms with Crippen LogP contribution < -0.4 is 4.74 Å². The van der Waals surface area contributed by atoms with Gasteiger partial charge in [-0.25, -0.2) is 0 Å². The molecule has 5 nitrogen and oxygen atoms in total. The van der Waals surface area contributed by atoms with Crippen molar-refractivity contribution in [2.24, 2.45) is 0 Å². The monoisotopic (exact) mass is 659 g/mol. The summed E-state index contributed by atoms with van der Waals surface area (Å²) in [5.41, 5.74) is 6.01. The molecule has 0 fully saturated rings. The van der Waals surface area contributed by atoms with Gasteiger partial charge in [-0.2, -0.15) is 11.2 Å². The first-order chi connectivity index (χ1) is 17.7. The van der Waals surface area contributed by atoms with Crippen molar-refractivity contribution in [1.82, 2.24) is 19.2 Å². The topological polar surface area (TPSA) is 44.4 Å². The molecule has 6 heteroatoms. The van der Waals surface area contributed by atoms with E-state index in [1.807, 2.05) is 36.5 Å². The fourth-order valence-corrected chi connectivity index (χ4v) is 4.74. The molecule has 0 unspecified atom stereocenters. The van der Waals surface area contributed by atoms with Crippen LogP contribution in [0.5, 0.6) is 11.5 Å². The molecule has 0 amide bonds. The second-order valence-electron chi connectivity index (χ2n) is 8.72. The summed E-state index contributed by atoms with van der Waals surface area (Å²) in [7, 11) is 0. The molecule has 0 N–H and O–H groups in total. The number of nitrogens with zero attached hydrogens (tertiary/aromatic N) is 4. The molecule has 0 spiro atoms. The van der Waals surface area contributed by atoms with Gasteiger partial charge in [0.25, 0.3) is 0 Å². The molecule has 0 aliphatic heterocycles. The Kier molecular flexibility index (Phi) is 5.86. The molecule has 7 aromatic rings. The minimum Gasteiger partial charge on any atom is -0.503 e. The molecule has 3 heterocycles. The molecule has 7 rings (SSSR count). The second kappa shape index (κ2) is 9.34. The number of hydrogen-bond donors (Lipinski definition) is 0. The molecule has 37 heavy (non-hydrogen) atoms. The van der Waals surface area contributed by atoms with E-state index in [0.29, 0.717) is 11.5 Å². The zero-order valence-electron chi connectivity index (χ0n) is 19.8. The van der Waals surface area contributed by atoms with E-state index in [-0.39, 0.29) is 21.1 Å². The van der Waals surface area contributed by atoms with E-state index in [9.17, 15) is 0 Å². The maximum Gasteiger partial charge on any atom is 2.00 e. The molecule has 0 atom stereocenters. The Morgan fingerprint density at radius 3 is 2.49 bits per heavy atom. The first-order valence-corrected chi connectivity index (χ1v) is 11.8. The fraction of sp³-hybridized carbons (Fsp3) is 0.0323. The van der Waals surface area contributed by atoms with Crippen molar-refractivity contribution in [3.8, 4) is 28.4 Å². The maximum absolute atomic E-state index is 6.21. The van der Waals surface area contributed by atoms with Crippen LogP contribution in [0.3, 0.4) is 0 Å². The predicted octanol–water partition coefficient (Wildman–Crippen LogP) is 7.19. The summed E-state index contributed by atoms with van der Waals surface area (Å²) in [6, 6.07) is 35.2. The van der Waals surface area contributed by atoms with E-state index in [4.69, 9.17) is 9.72 Å². The van der Waals surface area contributed by atoms with Crippen molar-refractivity contribution < 1.29 is 25.8 Å². The van der Waals surface area contributed by atoms with Crippen LogP contribution in [0.25, 0.3) is 44.3 Å². The minimum atomic E-state index is 0. The van der Waals surface area contributed by atoms with Crippen LogP contribution in [0.2, 0.25) is 0 Å². The Hall–Kier alpha value is -4.21. The van der Waals surface area contributed by atoms with Gasteiger partial charge in [-0.3, -0.25) is 9.67 Å². The number of para-hydroxylation sites is 1. The van der Waals surface area contributed by atoms with E-state index in [1.54, 1.807) is 10.9 Å². The van der Waals surface area contributed by atoms with Gasteiger partial charge in [0.05, 0.1) is 11.3 Å². The number of aromatic nitrogens is 4. The number of benzene rings is 4. The Balaban J connectivity index is 0.00000252. The Morgan fingerprint density at radius 2 is 1.62 bits per heavy atom. The standard InChI is InChI=1S/C31H20N4O.Pt/c1-21-8-2-3-11-25(21)29-20-34-30-13-5-4-12-27(30)26-15-14-24(19-28(26)31(34)33-29)36-23-10-6-9-22(18-23)35-17-7-16-32-35;/h2-17,20H,1H3;/q-2;+2. The fourth-order valence-electron chi connectivity index (χ4n) is 4.74. The third-order valence-corrected chi connectivity index (χ3v) is 6.45. The van der Waals surface area contributed by atoms with Crippen molar-refractivity contribution in [3.63, 3.8) is 0 Å². The normalized spacial score (nSPS) is 11.2. The third kappa shape index (κ3) is 4.02. The van der Waals surface area contributed by atoms with Crippen LogP contribution in [-0.2, 0) is 21.1 Å². The molecule has 0 aliphatic carbocycles. The van der Waals surface area contributed by atoms with Gasteiger partial charge in [-0.15, -0.1) is 30.3 Å². The molecular formula is C31H20N4OPt. The molecule has 3 aromatic heterocycles. The largest absolute Gasteiger partial charge is 2.00 e. The quantitative estimate of drug-likeness (QED) is 0.149. The average Bonchev–Trinajstić information content (AvgIpc) is 3.61. The number of aryl methyl sites for hydroxylation is 1. The van der Waals surface area contributed by atoms with Crippen molar-refractivity contribution >= 4 is 27.3 Å². The van der Waals surface area contributed by atoms with Gasteiger partial charge in [-0.1, -0.05) is 59.3 Å². The van der Waals surface area contributed by atoms with Crippen molar-refractivity contribution in [2.75, 3.05) is 0 Å². The van der Waals surface area contributed by atoms with Gasteiger partial charge in [0, 0.05) is 41.2 Å². The van der Waals surface area contributed by atoms with Crippen LogP contribution in [0.1, 0.15) is 5.56 Å². The smallest absolute Gasteiger partial charge is 0.503 e. The van der Waals surface area contributed by atoms with Crippen molar-refractivity contribution in [1.29, 1.82) is 0 Å². The molecule has 180 valence electrons. The summed E-state index contributed by atoms with van der Waals surface area (Å²) >= 11 is 0. The zero-order valence-corrected chi connectivity index (χ0v) is 22.1. The number of imidazole rings is 1. The number of rotatable bonds is 4. The van der Waals surface area contributed by atoms with Crippen LogP contribution in [0.15, 0.2) is 104 Å². The summed E-state index contributed by atoms with van der Waals surface area (Å²) < 4.78 is 10.1. The van der Waals surface area contributed by atoms with Gasteiger partial charge in [0.1, 0.15) is 0 Å². The van der Waals surface area contributed by atoms with Crippen LogP contribution >= 0.6 is 0 Å². The molecule has 0 saturated heterocycles. The number of pyridine rings is 1. The van der Waals surface area contributed by atoms with E-state index in [0.717, 1.165) is 44.3 Å². The van der Waals surface area contributed by atoms with E-state index in [2.05, 4.69) is 89.3 Å². The van der Waals surface area contributed by atoms with E-state index >= 15 is 0 Å². The molecular weight excluding hydrogens is 639 g/mol. The number of fused-ring (bicyclic) bond motifs is 6. The Morgan fingerprint density at radius 1 is 0.784 bits per heavy atom. The van der Waals surface area contributed by atoms with Crippen molar-refractivity contribution in [2.45, 2.75) is 6.92 Å². The second-order valence-corrected chi connectivity index (χ2v) is 8.72. The van der Waals surface area contributed by atoms with Crippen molar-refractivity contribution in [3.05, 3.63) is 121 Å². The van der Waals surface area contributed by atoms with Crippen LogP contribution in [0, 0.1) is 19.1 Å². The van der Waals surface area contributed by atoms with Gasteiger partial charge >= 0.3 is 21.1 Å². The summed E-state index contributed by atoms with van der Waals surface area (Å²) in [6.45, 7) is 2.11. The predicted molar refractivity (Wildman–Crippen MR) is 142 cm³/mol. The van der Waals surface area contributed by atoms with E-state index < -0.39 is 0 Å². The molecule has 0 saturated carbocycles. The van der Waals surface area contributed by atoms with E-state index in [1.165, 1.54) is 5.56 Å². The zero-order chi connectivity index (χ0) is 24.1. The van der Waals surface area contributed by atoms with Crippen LogP contribution in [0.4, 0.5) is 0 Å². The number of ether oxygens (including phenoxy) is 1. The first kappa shape index (κ1) is 23.2. The molecule has 4 aromatic carbocycles. The summed E-state index contributed by atoms with van der Waals surface area (Å²) in [6.07, 6.45) is 5.73. The van der Waals surface area contributed by atoms with Crippen LogP contribution in [-0.4, -0.2) is 19.2 Å². The Bertz CT molecular complexity index is 1890. The average molecular weight is 660 g/mol. The molecule has 0 bridgehead atoms. The SMILES string of the molecule is Cc1ccccc1-c1cn2c3ccccc3c3ccc(Oc4[c-]c(-n5cccn5)ccc4)[c-]c3c2n1.[Pt+2]. The summed E-state index contributed by atoms with van der Waals surface area (Å²) in [5.74, 6) is 1.20. The number of hydrogen-bond acceptors (Lipinski definition) is 3. The van der Waals surface area contributed by atoms with Gasteiger partial charge in [0.15, 0.2) is 0 Å². The summed E-state index contributed by atoms with van der Waals surface area (Å²) in [4.78, 5) is 5.07. The minimum absolute atomic E-state index is 0. The van der Waals surface area contributed by atoms with Gasteiger partial charge < -0.3 is 9.14 Å². The van der Waals surface area contributed by atoms with Gasteiger partial charge in [-0.05, 0) is 35.7 Å². The Labute approximate surface area is 228 Å². The first-order valence-electron chi connectivity index (χ1n) is 11.8. The van der Waals surface area contributed by atoms with Gasteiger partial charge in [0.2, 0.25) is 0 Å². The third-order valence-electron chi connectivity index (χ3n) is 6.45.